The lowest BCUT2D eigenvalue weighted by Crippen LogP contribution is -2.21. The van der Waals surface area contributed by atoms with Gasteiger partial charge in [0.15, 0.2) is 4.67 Å². The molecule has 7 nitrogen and oxygen atoms in total. The van der Waals surface area contributed by atoms with Crippen LogP contribution in [0.4, 0.5) is 5.13 Å². The summed E-state index contributed by atoms with van der Waals surface area (Å²) in [5, 5.41) is 11.6. The van der Waals surface area contributed by atoms with E-state index in [9.17, 15) is 8.42 Å². The molecule has 116 valence electrons. The van der Waals surface area contributed by atoms with Gasteiger partial charge in [-0.2, -0.15) is 0 Å². The maximum atomic E-state index is 12.3. The van der Waals surface area contributed by atoms with Gasteiger partial charge in [-0.1, -0.05) is 25.2 Å². The summed E-state index contributed by atoms with van der Waals surface area (Å²) in [7, 11) is -3.76. The standard InChI is InChI=1S/C11H15BrN4O3S2/c1-6(2)13-5-8-4-9(10(12)19-8)21(17,18)16-11-15-14-7(3)20-11/h4,6,13H,5H2,1-3H3,(H,15,16). The molecule has 2 rings (SSSR count). The molecule has 0 fully saturated rings. The van der Waals surface area contributed by atoms with E-state index < -0.39 is 10.0 Å². The first-order valence-corrected chi connectivity index (χ1v) is 9.21. The van der Waals surface area contributed by atoms with Gasteiger partial charge < -0.3 is 9.73 Å². The number of sulfonamides is 1. The maximum Gasteiger partial charge on any atom is 0.268 e. The number of aromatic nitrogens is 2. The molecule has 0 aliphatic heterocycles. The van der Waals surface area contributed by atoms with Crippen molar-refractivity contribution < 1.29 is 12.8 Å². The number of halogens is 1. The van der Waals surface area contributed by atoms with Gasteiger partial charge in [-0.25, -0.2) is 8.42 Å². The molecule has 2 aromatic heterocycles. The fourth-order valence-corrected chi connectivity index (χ4v) is 4.30. The topological polar surface area (TPSA) is 97.1 Å². The van der Waals surface area contributed by atoms with Gasteiger partial charge in [0.1, 0.15) is 15.7 Å². The maximum absolute atomic E-state index is 12.3. The van der Waals surface area contributed by atoms with Crippen LogP contribution in [-0.2, 0) is 16.6 Å². The lowest BCUT2D eigenvalue weighted by Gasteiger charge is -2.04. The van der Waals surface area contributed by atoms with Crippen molar-refractivity contribution in [1.82, 2.24) is 15.5 Å². The highest BCUT2D eigenvalue weighted by Crippen LogP contribution is 2.28. The third kappa shape index (κ3) is 4.25. The number of furan rings is 1. The number of anilines is 1. The van der Waals surface area contributed by atoms with Gasteiger partial charge in [-0.05, 0) is 22.9 Å². The highest BCUT2D eigenvalue weighted by Gasteiger charge is 2.24. The Labute approximate surface area is 135 Å². The second-order valence-corrected chi connectivity index (χ2v) is 8.17. The van der Waals surface area contributed by atoms with Crippen molar-refractivity contribution in [2.75, 3.05) is 4.72 Å². The van der Waals surface area contributed by atoms with Crippen molar-refractivity contribution in [1.29, 1.82) is 0 Å². The molecule has 10 heteroatoms. The Morgan fingerprint density at radius 2 is 2.14 bits per heavy atom. The van der Waals surface area contributed by atoms with Crippen LogP contribution in [-0.4, -0.2) is 24.7 Å². The third-order valence-corrected chi connectivity index (χ3v) is 5.51. The Bertz CT molecular complexity index is 724. The lowest BCUT2D eigenvalue weighted by atomic mass is 10.3. The highest BCUT2D eigenvalue weighted by molar-refractivity contribution is 9.10. The number of nitrogens with zero attached hydrogens (tertiary/aromatic N) is 2. The summed E-state index contributed by atoms with van der Waals surface area (Å²) in [6.07, 6.45) is 0. The molecular formula is C11H15BrN4O3S2. The highest BCUT2D eigenvalue weighted by atomic mass is 79.9. The van der Waals surface area contributed by atoms with Crippen LogP contribution in [0, 0.1) is 6.92 Å². The molecule has 0 aliphatic carbocycles. The van der Waals surface area contributed by atoms with Gasteiger partial charge in [-0.15, -0.1) is 10.2 Å². The summed E-state index contributed by atoms with van der Waals surface area (Å²) >= 11 is 4.30. The minimum atomic E-state index is -3.76. The summed E-state index contributed by atoms with van der Waals surface area (Å²) in [6.45, 7) is 6.19. The number of hydrogen-bond acceptors (Lipinski definition) is 7. The second-order valence-electron chi connectivity index (χ2n) is 4.62. The van der Waals surface area contributed by atoms with Crippen molar-refractivity contribution in [3.8, 4) is 0 Å². The van der Waals surface area contributed by atoms with E-state index >= 15 is 0 Å². The van der Waals surface area contributed by atoms with Crippen LogP contribution in [0.15, 0.2) is 20.0 Å². The first-order valence-electron chi connectivity index (χ1n) is 6.12. The van der Waals surface area contributed by atoms with E-state index in [1.54, 1.807) is 6.92 Å². The van der Waals surface area contributed by atoms with E-state index in [1.807, 2.05) is 13.8 Å². The third-order valence-electron chi connectivity index (χ3n) is 2.43. The second kappa shape index (κ2) is 6.42. The molecule has 2 heterocycles. The van der Waals surface area contributed by atoms with Crippen LogP contribution in [0.3, 0.4) is 0 Å². The molecule has 0 saturated heterocycles. The summed E-state index contributed by atoms with van der Waals surface area (Å²) in [5.41, 5.74) is 0. The summed E-state index contributed by atoms with van der Waals surface area (Å²) in [4.78, 5) is 0.0379. The summed E-state index contributed by atoms with van der Waals surface area (Å²) < 4.78 is 32.5. The predicted molar refractivity (Wildman–Crippen MR) is 83.8 cm³/mol. The fraction of sp³-hybridized carbons (Fsp3) is 0.455. The molecule has 0 aliphatic rings. The average molecular weight is 395 g/mol. The molecule has 0 atom stereocenters. The fourth-order valence-electron chi connectivity index (χ4n) is 1.48. The van der Waals surface area contributed by atoms with E-state index in [1.165, 1.54) is 17.4 Å². The van der Waals surface area contributed by atoms with Crippen molar-refractivity contribution in [3.63, 3.8) is 0 Å². The van der Waals surface area contributed by atoms with E-state index in [2.05, 4.69) is 36.2 Å². The van der Waals surface area contributed by atoms with Crippen molar-refractivity contribution in [3.05, 3.63) is 21.5 Å². The van der Waals surface area contributed by atoms with E-state index in [4.69, 9.17) is 4.42 Å². The number of aryl methyl sites for hydroxylation is 1. The molecule has 0 amide bonds. The monoisotopic (exact) mass is 394 g/mol. The zero-order valence-corrected chi connectivity index (χ0v) is 14.9. The number of nitrogens with one attached hydrogen (secondary N) is 2. The van der Waals surface area contributed by atoms with Crippen LogP contribution in [0.1, 0.15) is 24.6 Å². The Kier molecular flexibility index (Phi) is 5.02. The minimum Gasteiger partial charge on any atom is -0.451 e. The Hall–Kier alpha value is -0.970. The number of rotatable bonds is 6. The van der Waals surface area contributed by atoms with Gasteiger partial charge in [0, 0.05) is 12.1 Å². The zero-order valence-electron chi connectivity index (χ0n) is 11.7. The number of hydrogen-bond donors (Lipinski definition) is 2. The van der Waals surface area contributed by atoms with Crippen LogP contribution >= 0.6 is 27.3 Å². The zero-order chi connectivity index (χ0) is 15.6. The first-order chi connectivity index (χ1) is 9.78. The molecule has 0 saturated carbocycles. The molecule has 2 aromatic rings. The summed E-state index contributed by atoms with van der Waals surface area (Å²) in [6, 6.07) is 1.76. The van der Waals surface area contributed by atoms with Crippen molar-refractivity contribution in [2.24, 2.45) is 0 Å². The molecule has 0 unspecified atom stereocenters. The van der Waals surface area contributed by atoms with E-state index in [0.29, 0.717) is 17.3 Å². The van der Waals surface area contributed by atoms with Crippen LogP contribution in [0.5, 0.6) is 0 Å². The summed E-state index contributed by atoms with van der Waals surface area (Å²) in [5.74, 6) is 0.532. The van der Waals surface area contributed by atoms with Gasteiger partial charge in [0.25, 0.3) is 10.0 Å². The lowest BCUT2D eigenvalue weighted by molar-refractivity contribution is 0.447. The van der Waals surface area contributed by atoms with Crippen LogP contribution in [0.25, 0.3) is 0 Å². The van der Waals surface area contributed by atoms with Gasteiger partial charge in [0.2, 0.25) is 5.13 Å². The van der Waals surface area contributed by atoms with Crippen molar-refractivity contribution in [2.45, 2.75) is 38.3 Å². The van der Waals surface area contributed by atoms with Crippen LogP contribution < -0.4 is 10.0 Å². The molecule has 0 spiro atoms. The molecular weight excluding hydrogens is 380 g/mol. The Balaban J connectivity index is 2.19. The normalized spacial score (nSPS) is 12.0. The van der Waals surface area contributed by atoms with E-state index in [-0.39, 0.29) is 20.7 Å². The van der Waals surface area contributed by atoms with Gasteiger partial charge in [-0.3, -0.25) is 4.72 Å². The largest absolute Gasteiger partial charge is 0.451 e. The Morgan fingerprint density at radius 1 is 1.43 bits per heavy atom. The molecule has 0 bridgehead atoms. The van der Waals surface area contributed by atoms with Gasteiger partial charge in [0.05, 0.1) is 6.54 Å². The quantitative estimate of drug-likeness (QED) is 0.780. The molecule has 0 aromatic carbocycles. The first kappa shape index (κ1) is 16.4. The van der Waals surface area contributed by atoms with E-state index in [0.717, 1.165) is 0 Å². The molecule has 21 heavy (non-hydrogen) atoms. The molecule has 0 radical (unpaired) electrons. The predicted octanol–water partition coefficient (Wildman–Crippen LogP) is 2.50. The minimum absolute atomic E-state index is 0.0379. The average Bonchev–Trinajstić information content (AvgIpc) is 2.93. The van der Waals surface area contributed by atoms with Crippen LogP contribution in [0.2, 0.25) is 0 Å². The van der Waals surface area contributed by atoms with Crippen molar-refractivity contribution >= 4 is 42.4 Å². The SMILES string of the molecule is Cc1nnc(NS(=O)(=O)c2cc(CNC(C)C)oc2Br)s1. The van der Waals surface area contributed by atoms with Gasteiger partial charge >= 0.3 is 0 Å². The Morgan fingerprint density at radius 3 is 2.71 bits per heavy atom. The molecule has 2 N–H and O–H groups in total. The smallest absolute Gasteiger partial charge is 0.268 e.